The molecule has 0 unspecified atom stereocenters. The molecule has 0 bridgehead atoms. The number of hydrogen-bond acceptors (Lipinski definition) is 4. The molecule has 13 heavy (non-hydrogen) atoms. The molecular weight excluding hydrogens is 281 g/mol. The lowest BCUT2D eigenvalue weighted by Gasteiger charge is -2.00. The third-order valence-corrected chi connectivity index (χ3v) is 3.42. The van der Waals surface area contributed by atoms with E-state index in [9.17, 15) is 8.42 Å². The molecule has 0 aromatic carbocycles. The molecule has 0 spiro atoms. The maximum Gasteiger partial charge on any atom is 0.281 e. The van der Waals surface area contributed by atoms with Crippen molar-refractivity contribution in [1.29, 1.82) is 0 Å². The van der Waals surface area contributed by atoms with E-state index in [4.69, 9.17) is 10.7 Å². The fraction of sp³-hybridized carbons (Fsp3) is 0.600. The first-order valence-electron chi connectivity index (χ1n) is 3.50. The van der Waals surface area contributed by atoms with Crippen LogP contribution in [0.5, 0.6) is 0 Å². The summed E-state index contributed by atoms with van der Waals surface area (Å²) in [5.74, 6) is 0. The molecule has 0 fully saturated rings. The molecule has 0 aliphatic heterocycles. The van der Waals surface area contributed by atoms with Gasteiger partial charge in [-0.25, -0.2) is 13.1 Å². The van der Waals surface area contributed by atoms with Gasteiger partial charge in [0.2, 0.25) is 5.03 Å². The van der Waals surface area contributed by atoms with E-state index in [-0.39, 0.29) is 9.63 Å². The quantitative estimate of drug-likeness (QED) is 0.788. The van der Waals surface area contributed by atoms with Crippen molar-refractivity contribution in [2.75, 3.05) is 0 Å². The zero-order chi connectivity index (χ0) is 10.1. The summed E-state index contributed by atoms with van der Waals surface area (Å²) in [7, 11) is 1.41. The minimum absolute atomic E-state index is 0.0870. The van der Waals surface area contributed by atoms with Crippen LogP contribution in [0.1, 0.15) is 13.3 Å². The van der Waals surface area contributed by atoms with E-state index in [1.54, 1.807) is 0 Å². The molecule has 0 saturated carbocycles. The van der Waals surface area contributed by atoms with E-state index in [1.165, 1.54) is 4.68 Å². The first kappa shape index (κ1) is 10.9. The Balaban J connectivity index is 3.25. The fourth-order valence-electron chi connectivity index (χ4n) is 0.868. The summed E-state index contributed by atoms with van der Waals surface area (Å²) in [5.41, 5.74) is 0. The lowest BCUT2D eigenvalue weighted by molar-refractivity contribution is 0.524. The number of aromatic nitrogens is 3. The van der Waals surface area contributed by atoms with Crippen LogP contribution in [0.15, 0.2) is 9.63 Å². The molecule has 0 saturated heterocycles. The third-order valence-electron chi connectivity index (χ3n) is 1.32. The highest BCUT2D eigenvalue weighted by Crippen LogP contribution is 2.22. The number of aryl methyl sites for hydroxylation is 1. The normalized spacial score (nSPS) is 11.9. The monoisotopic (exact) mass is 287 g/mol. The van der Waals surface area contributed by atoms with Gasteiger partial charge in [-0.3, -0.25) is 0 Å². The summed E-state index contributed by atoms with van der Waals surface area (Å²) in [6.45, 7) is 2.38. The first-order valence-corrected chi connectivity index (χ1v) is 6.60. The van der Waals surface area contributed by atoms with Crippen molar-refractivity contribution >= 4 is 35.7 Å². The van der Waals surface area contributed by atoms with Crippen molar-refractivity contribution in [3.63, 3.8) is 0 Å². The van der Waals surface area contributed by atoms with Crippen molar-refractivity contribution in [3.8, 4) is 0 Å². The van der Waals surface area contributed by atoms with Crippen LogP contribution in [0.4, 0.5) is 0 Å². The van der Waals surface area contributed by atoms with Crippen molar-refractivity contribution in [1.82, 2.24) is 15.0 Å². The molecule has 1 aromatic heterocycles. The zero-order valence-corrected chi connectivity index (χ0v) is 9.89. The Morgan fingerprint density at radius 3 is 2.69 bits per heavy atom. The molecule has 0 aliphatic rings. The van der Waals surface area contributed by atoms with Crippen LogP contribution in [0.3, 0.4) is 0 Å². The predicted octanol–water partition coefficient (Wildman–Crippen LogP) is 1.38. The molecular formula is C5H7BrClN3O2S. The molecule has 1 rings (SSSR count). The van der Waals surface area contributed by atoms with Gasteiger partial charge in [0.05, 0.1) is 0 Å². The van der Waals surface area contributed by atoms with Gasteiger partial charge in [0.15, 0.2) is 4.60 Å². The van der Waals surface area contributed by atoms with E-state index < -0.39 is 9.05 Å². The van der Waals surface area contributed by atoms with Crippen LogP contribution in [0.2, 0.25) is 0 Å². The van der Waals surface area contributed by atoms with Crippen LogP contribution >= 0.6 is 26.6 Å². The molecule has 0 amide bonds. The Morgan fingerprint density at radius 1 is 1.62 bits per heavy atom. The number of halogens is 2. The second kappa shape index (κ2) is 3.93. The smallest absolute Gasteiger partial charge is 0.232 e. The van der Waals surface area contributed by atoms with Crippen molar-refractivity contribution in [3.05, 3.63) is 4.60 Å². The topological polar surface area (TPSA) is 64.8 Å². The Morgan fingerprint density at radius 2 is 2.23 bits per heavy atom. The summed E-state index contributed by atoms with van der Waals surface area (Å²) in [6.07, 6.45) is 0.759. The Labute approximate surface area is 88.6 Å². The summed E-state index contributed by atoms with van der Waals surface area (Å²) >= 11 is 2.96. The van der Waals surface area contributed by atoms with Crippen LogP contribution in [0.25, 0.3) is 0 Å². The molecule has 8 heteroatoms. The number of hydrogen-bond donors (Lipinski definition) is 0. The molecule has 0 aliphatic carbocycles. The van der Waals surface area contributed by atoms with Crippen LogP contribution in [0, 0.1) is 0 Å². The van der Waals surface area contributed by atoms with Gasteiger partial charge in [-0.1, -0.05) is 12.1 Å². The van der Waals surface area contributed by atoms with E-state index in [1.807, 2.05) is 6.92 Å². The summed E-state index contributed by atoms with van der Waals surface area (Å²) in [4.78, 5) is 0. The zero-order valence-electron chi connectivity index (χ0n) is 6.74. The number of nitrogens with zero attached hydrogens (tertiary/aromatic N) is 3. The molecule has 1 aromatic rings. The van der Waals surface area contributed by atoms with Crippen LogP contribution in [-0.2, 0) is 15.6 Å². The highest BCUT2D eigenvalue weighted by atomic mass is 79.9. The maximum absolute atomic E-state index is 11.0. The molecule has 5 nitrogen and oxygen atoms in total. The van der Waals surface area contributed by atoms with E-state index >= 15 is 0 Å². The SMILES string of the molecule is CCCn1nnc(Br)c1S(=O)(=O)Cl. The van der Waals surface area contributed by atoms with Crippen molar-refractivity contribution in [2.45, 2.75) is 24.9 Å². The highest BCUT2D eigenvalue weighted by Gasteiger charge is 2.22. The van der Waals surface area contributed by atoms with Crippen LogP contribution in [-0.4, -0.2) is 23.4 Å². The fourth-order valence-corrected chi connectivity index (χ4v) is 3.14. The molecule has 0 N–H and O–H groups in total. The Kier molecular flexibility index (Phi) is 3.31. The summed E-state index contributed by atoms with van der Waals surface area (Å²) in [5, 5.41) is 7.11. The average Bonchev–Trinajstić information content (AvgIpc) is 2.31. The predicted molar refractivity (Wildman–Crippen MR) is 51.1 cm³/mol. The van der Waals surface area contributed by atoms with Gasteiger partial charge in [-0.05, 0) is 22.4 Å². The van der Waals surface area contributed by atoms with Crippen molar-refractivity contribution < 1.29 is 8.42 Å². The maximum atomic E-state index is 11.0. The molecule has 74 valence electrons. The lowest BCUT2D eigenvalue weighted by atomic mass is 10.5. The summed E-state index contributed by atoms with van der Waals surface area (Å²) < 4.78 is 23.5. The third kappa shape index (κ3) is 2.41. The Bertz CT molecular complexity index is 402. The highest BCUT2D eigenvalue weighted by molar-refractivity contribution is 9.10. The van der Waals surface area contributed by atoms with Crippen molar-refractivity contribution in [2.24, 2.45) is 0 Å². The van der Waals surface area contributed by atoms with Gasteiger partial charge in [-0.15, -0.1) is 5.10 Å². The van der Waals surface area contributed by atoms with E-state index in [2.05, 4.69) is 26.2 Å². The largest absolute Gasteiger partial charge is 0.281 e. The van der Waals surface area contributed by atoms with Gasteiger partial charge < -0.3 is 0 Å². The Hall–Kier alpha value is -0.140. The van der Waals surface area contributed by atoms with Gasteiger partial charge in [0, 0.05) is 17.2 Å². The standard InChI is InChI=1S/C5H7BrClN3O2S/c1-2-3-10-5(13(7,11)12)4(6)8-9-10/h2-3H2,1H3. The summed E-state index contributed by atoms with van der Waals surface area (Å²) in [6, 6.07) is 0. The minimum atomic E-state index is -3.78. The van der Waals surface area contributed by atoms with Gasteiger partial charge >= 0.3 is 0 Å². The van der Waals surface area contributed by atoms with Gasteiger partial charge in [-0.2, -0.15) is 0 Å². The molecule has 0 atom stereocenters. The molecule has 1 heterocycles. The van der Waals surface area contributed by atoms with E-state index in [0.29, 0.717) is 6.54 Å². The second-order valence-electron chi connectivity index (χ2n) is 2.35. The number of rotatable bonds is 3. The second-order valence-corrected chi connectivity index (χ2v) is 5.58. The minimum Gasteiger partial charge on any atom is -0.232 e. The average molecular weight is 289 g/mol. The van der Waals surface area contributed by atoms with Gasteiger partial charge in [0.25, 0.3) is 9.05 Å². The molecule has 0 radical (unpaired) electrons. The first-order chi connectivity index (χ1) is 5.96. The van der Waals surface area contributed by atoms with Gasteiger partial charge in [0.1, 0.15) is 0 Å². The van der Waals surface area contributed by atoms with Crippen LogP contribution < -0.4 is 0 Å². The van der Waals surface area contributed by atoms with E-state index in [0.717, 1.165) is 6.42 Å². The lowest BCUT2D eigenvalue weighted by Crippen LogP contribution is -2.06.